The van der Waals surface area contributed by atoms with Crippen LogP contribution in [-0.4, -0.2) is 24.6 Å². The first-order chi connectivity index (χ1) is 9.11. The first kappa shape index (κ1) is 16.6. The van der Waals surface area contributed by atoms with E-state index in [0.29, 0.717) is 0 Å². The molecule has 0 heterocycles. The molecule has 0 aliphatic heterocycles. The third-order valence-electron chi connectivity index (χ3n) is 5.40. The van der Waals surface area contributed by atoms with Gasteiger partial charge in [-0.15, -0.1) is 0 Å². The maximum Gasteiger partial charge on any atom is 0.306 e. The smallest absolute Gasteiger partial charge is 0.306 e. The molecular formula is C16H24O4. The summed E-state index contributed by atoms with van der Waals surface area (Å²) in [5.41, 5.74) is -1.54. The van der Waals surface area contributed by atoms with Crippen molar-refractivity contribution in [2.75, 3.05) is 7.11 Å². The Balaban J connectivity index is 3.38. The highest BCUT2D eigenvalue weighted by atomic mass is 16.5. The zero-order valence-corrected chi connectivity index (χ0v) is 13.1. The van der Waals surface area contributed by atoms with Crippen molar-refractivity contribution in [3.8, 4) is 0 Å². The van der Waals surface area contributed by atoms with Crippen molar-refractivity contribution in [2.45, 2.75) is 41.0 Å². The van der Waals surface area contributed by atoms with Crippen molar-refractivity contribution in [2.24, 2.45) is 22.7 Å². The van der Waals surface area contributed by atoms with Crippen LogP contribution in [0.15, 0.2) is 12.2 Å². The molecule has 0 fully saturated rings. The summed E-state index contributed by atoms with van der Waals surface area (Å²) in [5, 5.41) is 0. The van der Waals surface area contributed by atoms with Gasteiger partial charge >= 0.3 is 5.97 Å². The fraction of sp³-hybridized carbons (Fsp3) is 0.688. The average Bonchev–Trinajstić information content (AvgIpc) is 2.40. The number of allylic oxidation sites excluding steroid dienone is 2. The summed E-state index contributed by atoms with van der Waals surface area (Å²) in [6, 6.07) is 0. The van der Waals surface area contributed by atoms with Crippen molar-refractivity contribution in [1.82, 2.24) is 0 Å². The average molecular weight is 280 g/mol. The predicted molar refractivity (Wildman–Crippen MR) is 76.0 cm³/mol. The number of methoxy groups -OCH3 is 1. The lowest BCUT2D eigenvalue weighted by Crippen LogP contribution is -2.54. The molecule has 0 bridgehead atoms. The lowest BCUT2D eigenvalue weighted by Gasteiger charge is -2.51. The maximum absolute atomic E-state index is 12.5. The minimum Gasteiger partial charge on any atom is -0.469 e. The van der Waals surface area contributed by atoms with Gasteiger partial charge in [-0.05, 0) is 23.5 Å². The monoisotopic (exact) mass is 280 g/mol. The molecule has 0 saturated heterocycles. The molecule has 0 amide bonds. The lowest BCUT2D eigenvalue weighted by molar-refractivity contribution is -0.157. The van der Waals surface area contributed by atoms with E-state index in [2.05, 4.69) is 0 Å². The summed E-state index contributed by atoms with van der Waals surface area (Å²) in [6.07, 6.45) is 2.81. The first-order valence-corrected chi connectivity index (χ1v) is 6.94. The van der Waals surface area contributed by atoms with Gasteiger partial charge < -0.3 is 4.74 Å². The number of hydrogen-bond donors (Lipinski definition) is 0. The summed E-state index contributed by atoms with van der Waals surface area (Å²) < 4.78 is 4.78. The van der Waals surface area contributed by atoms with E-state index in [4.69, 9.17) is 4.74 Å². The van der Waals surface area contributed by atoms with Crippen molar-refractivity contribution in [3.63, 3.8) is 0 Å². The van der Waals surface area contributed by atoms with Gasteiger partial charge in [0.1, 0.15) is 0 Å². The van der Waals surface area contributed by atoms with Gasteiger partial charge in [0, 0.05) is 11.3 Å². The summed E-state index contributed by atoms with van der Waals surface area (Å²) >= 11 is 0. The van der Waals surface area contributed by atoms with Gasteiger partial charge in [-0.3, -0.25) is 14.4 Å². The van der Waals surface area contributed by atoms with Crippen molar-refractivity contribution in [3.05, 3.63) is 12.2 Å². The van der Waals surface area contributed by atoms with Crippen LogP contribution in [0, 0.1) is 22.7 Å². The van der Waals surface area contributed by atoms with Gasteiger partial charge in [-0.1, -0.05) is 34.6 Å². The molecule has 3 unspecified atom stereocenters. The number of ether oxygens (including phenoxy) is 1. The van der Waals surface area contributed by atoms with E-state index in [0.717, 1.165) is 0 Å². The van der Waals surface area contributed by atoms with Crippen LogP contribution < -0.4 is 0 Å². The van der Waals surface area contributed by atoms with Gasteiger partial charge in [0.05, 0.1) is 13.5 Å². The maximum atomic E-state index is 12.5. The molecule has 112 valence electrons. The largest absolute Gasteiger partial charge is 0.469 e. The zero-order chi connectivity index (χ0) is 15.7. The van der Waals surface area contributed by atoms with Crippen molar-refractivity contribution >= 4 is 17.5 Å². The molecule has 20 heavy (non-hydrogen) atoms. The second kappa shape index (κ2) is 5.51. The molecule has 0 aromatic carbocycles. The van der Waals surface area contributed by atoms with Crippen molar-refractivity contribution in [1.29, 1.82) is 0 Å². The third kappa shape index (κ3) is 2.32. The van der Waals surface area contributed by atoms with Crippen LogP contribution in [0.4, 0.5) is 0 Å². The second-order valence-corrected chi connectivity index (χ2v) is 6.35. The van der Waals surface area contributed by atoms with E-state index in [-0.39, 0.29) is 29.9 Å². The van der Waals surface area contributed by atoms with Gasteiger partial charge in [0.2, 0.25) is 0 Å². The standard InChI is InChI=1S/C16H24O4/c1-10(2)15(4,9-14(19)20-6)16(5)11(3)12(17)7-8-13(16)18/h7-8,10-11H,9H2,1-6H3. The zero-order valence-electron chi connectivity index (χ0n) is 13.1. The van der Waals surface area contributed by atoms with Crippen LogP contribution in [0.5, 0.6) is 0 Å². The molecule has 0 radical (unpaired) electrons. The number of esters is 1. The van der Waals surface area contributed by atoms with E-state index in [1.54, 1.807) is 13.8 Å². The quantitative estimate of drug-likeness (QED) is 0.743. The van der Waals surface area contributed by atoms with Crippen LogP contribution in [0.3, 0.4) is 0 Å². The van der Waals surface area contributed by atoms with E-state index in [1.807, 2.05) is 20.8 Å². The Morgan fingerprint density at radius 2 is 1.95 bits per heavy atom. The van der Waals surface area contributed by atoms with Gasteiger partial charge in [0.15, 0.2) is 11.6 Å². The van der Waals surface area contributed by atoms with Crippen LogP contribution in [0.2, 0.25) is 0 Å². The van der Waals surface area contributed by atoms with Crippen LogP contribution in [-0.2, 0) is 19.1 Å². The SMILES string of the molecule is COC(=O)CC(C)(C(C)C)C1(C)C(=O)C=CC(=O)C1C. The first-order valence-electron chi connectivity index (χ1n) is 6.94. The van der Waals surface area contributed by atoms with E-state index in [9.17, 15) is 14.4 Å². The minimum absolute atomic E-state index is 0.0531. The predicted octanol–water partition coefficient (Wildman–Crippen LogP) is 2.56. The number of hydrogen-bond acceptors (Lipinski definition) is 4. The van der Waals surface area contributed by atoms with Crippen molar-refractivity contribution < 1.29 is 19.1 Å². The fourth-order valence-electron chi connectivity index (χ4n) is 3.11. The third-order valence-corrected chi connectivity index (χ3v) is 5.40. The van der Waals surface area contributed by atoms with Crippen LogP contribution >= 0.6 is 0 Å². The molecule has 4 nitrogen and oxygen atoms in total. The lowest BCUT2D eigenvalue weighted by atomic mass is 9.50. The Morgan fingerprint density at radius 3 is 2.40 bits per heavy atom. The molecule has 0 N–H and O–H groups in total. The highest BCUT2D eigenvalue weighted by Crippen LogP contribution is 2.54. The van der Waals surface area contributed by atoms with Gasteiger partial charge in [-0.25, -0.2) is 0 Å². The Kier molecular flexibility index (Phi) is 4.57. The molecule has 3 atom stereocenters. The molecular weight excluding hydrogens is 256 g/mol. The van der Waals surface area contributed by atoms with E-state index < -0.39 is 16.7 Å². The van der Waals surface area contributed by atoms with Gasteiger partial charge in [0.25, 0.3) is 0 Å². The Labute approximate surface area is 120 Å². The number of carbonyl (C=O) groups is 3. The Hall–Kier alpha value is -1.45. The number of ketones is 2. The molecule has 0 spiro atoms. The molecule has 0 aromatic heterocycles. The fourth-order valence-corrected chi connectivity index (χ4v) is 3.11. The normalized spacial score (nSPS) is 29.4. The summed E-state index contributed by atoms with van der Waals surface area (Å²) in [6.45, 7) is 9.40. The molecule has 1 aliphatic rings. The van der Waals surface area contributed by atoms with Gasteiger partial charge in [-0.2, -0.15) is 0 Å². The topological polar surface area (TPSA) is 60.4 Å². The molecule has 0 aromatic rings. The van der Waals surface area contributed by atoms with Crippen LogP contribution in [0.25, 0.3) is 0 Å². The summed E-state index contributed by atoms with van der Waals surface area (Å²) in [7, 11) is 1.34. The highest BCUT2D eigenvalue weighted by Gasteiger charge is 2.57. The molecule has 4 heteroatoms. The van der Waals surface area contributed by atoms with E-state index in [1.165, 1.54) is 19.3 Å². The molecule has 0 saturated carbocycles. The van der Waals surface area contributed by atoms with Crippen LogP contribution in [0.1, 0.15) is 41.0 Å². The second-order valence-electron chi connectivity index (χ2n) is 6.35. The van der Waals surface area contributed by atoms with E-state index >= 15 is 0 Å². The molecule has 1 rings (SSSR count). The number of rotatable bonds is 4. The summed E-state index contributed by atoms with van der Waals surface area (Å²) in [5.74, 6) is -0.910. The highest BCUT2D eigenvalue weighted by molar-refractivity contribution is 6.09. The number of carbonyl (C=O) groups excluding carboxylic acids is 3. The Bertz CT molecular complexity index is 463. The Morgan fingerprint density at radius 1 is 1.40 bits per heavy atom. The minimum atomic E-state index is -0.902. The molecule has 1 aliphatic carbocycles. The summed E-state index contributed by atoms with van der Waals surface area (Å²) in [4.78, 5) is 36.3.